The van der Waals surface area contributed by atoms with Gasteiger partial charge in [0, 0.05) is 30.2 Å². The maximum absolute atomic E-state index is 13.5. The van der Waals surface area contributed by atoms with E-state index in [1.165, 1.54) is 16.7 Å². The van der Waals surface area contributed by atoms with Crippen LogP contribution < -0.4 is 15.4 Å². The number of benzene rings is 7. The second-order valence-corrected chi connectivity index (χ2v) is 14.0. The van der Waals surface area contributed by atoms with Gasteiger partial charge in [-0.1, -0.05) is 182 Å². The van der Waals surface area contributed by atoms with Gasteiger partial charge in [-0.15, -0.1) is 0 Å². The summed E-state index contributed by atoms with van der Waals surface area (Å²) in [6, 6.07) is 69.0. The molecule has 56 heavy (non-hydrogen) atoms. The highest BCUT2D eigenvalue weighted by molar-refractivity contribution is 5.85. The molecule has 1 heterocycles. The van der Waals surface area contributed by atoms with Crippen LogP contribution in [0, 0.1) is 0 Å². The van der Waals surface area contributed by atoms with Gasteiger partial charge in [-0.05, 0) is 63.6 Å². The second kappa shape index (κ2) is 16.9. The van der Waals surface area contributed by atoms with Crippen molar-refractivity contribution in [2.75, 3.05) is 13.1 Å². The highest BCUT2D eigenvalue weighted by atomic mass is 16.5. The lowest BCUT2D eigenvalue weighted by Gasteiger charge is -2.37. The van der Waals surface area contributed by atoms with Gasteiger partial charge in [0.25, 0.3) is 0 Å². The molecule has 0 radical (unpaired) electrons. The minimum atomic E-state index is -0.657. The van der Waals surface area contributed by atoms with Crippen LogP contribution >= 0.6 is 0 Å². The molecule has 8 aromatic rings. The van der Waals surface area contributed by atoms with Gasteiger partial charge in [0.05, 0.1) is 17.5 Å². The normalized spacial score (nSPS) is 11.7. The molecular weight excluding hydrogens is 687 g/mol. The number of hydrogen-bond acceptors (Lipinski definition) is 4. The van der Waals surface area contributed by atoms with Gasteiger partial charge in [-0.2, -0.15) is 0 Å². The van der Waals surface area contributed by atoms with Crippen molar-refractivity contribution in [3.8, 4) is 5.75 Å². The van der Waals surface area contributed by atoms with E-state index in [1.807, 2.05) is 36.4 Å². The van der Waals surface area contributed by atoms with Crippen LogP contribution in [0.25, 0.3) is 10.9 Å². The molecule has 0 aliphatic rings. The van der Waals surface area contributed by atoms with E-state index in [-0.39, 0.29) is 12.4 Å². The molecule has 0 saturated heterocycles. The first-order chi connectivity index (χ1) is 27.7. The van der Waals surface area contributed by atoms with E-state index in [9.17, 15) is 4.79 Å². The Kier molecular flexibility index (Phi) is 11.0. The first-order valence-electron chi connectivity index (χ1n) is 19.3. The second-order valence-electron chi connectivity index (χ2n) is 14.0. The molecule has 0 aliphatic carbocycles. The van der Waals surface area contributed by atoms with E-state index in [0.717, 1.165) is 39.6 Å². The molecule has 5 heteroatoms. The van der Waals surface area contributed by atoms with Gasteiger partial charge >= 0.3 is 5.97 Å². The zero-order valence-electron chi connectivity index (χ0n) is 31.3. The van der Waals surface area contributed by atoms with Gasteiger partial charge in [0.15, 0.2) is 0 Å². The van der Waals surface area contributed by atoms with E-state index in [2.05, 4.69) is 186 Å². The van der Waals surface area contributed by atoms with Crippen molar-refractivity contribution < 1.29 is 9.53 Å². The average molecular weight is 732 g/mol. The Labute approximate surface area is 329 Å². The van der Waals surface area contributed by atoms with Crippen LogP contribution in [0.2, 0.25) is 0 Å². The third-order valence-corrected chi connectivity index (χ3v) is 10.7. The Morgan fingerprint density at radius 2 is 0.857 bits per heavy atom. The zero-order valence-corrected chi connectivity index (χ0v) is 31.3. The van der Waals surface area contributed by atoms with Gasteiger partial charge in [0.1, 0.15) is 5.75 Å². The smallest absolute Gasteiger partial charge is 0.312 e. The first-order valence-corrected chi connectivity index (χ1v) is 19.3. The molecule has 276 valence electrons. The summed E-state index contributed by atoms with van der Waals surface area (Å²) in [5, 5.41) is 8.83. The lowest BCUT2D eigenvalue weighted by molar-refractivity contribution is -0.134. The summed E-state index contributed by atoms with van der Waals surface area (Å²) in [5.41, 5.74) is 7.75. The molecule has 0 amide bonds. The molecule has 8 rings (SSSR count). The third kappa shape index (κ3) is 7.43. The predicted molar refractivity (Wildman–Crippen MR) is 227 cm³/mol. The highest BCUT2D eigenvalue weighted by Crippen LogP contribution is 2.38. The van der Waals surface area contributed by atoms with Crippen LogP contribution in [0.15, 0.2) is 206 Å². The van der Waals surface area contributed by atoms with Crippen LogP contribution in [-0.4, -0.2) is 24.0 Å². The molecule has 0 atom stereocenters. The molecule has 0 fully saturated rings. The fraction of sp³-hybridized carbons (Fsp3) is 0.118. The molecule has 0 aliphatic heterocycles. The number of carbonyl (C=O) groups excluding carboxylic acids is 1. The number of fused-ring (bicyclic) bond motifs is 1. The largest absolute Gasteiger partial charge is 0.426 e. The Hall–Kier alpha value is -6.53. The number of rotatable bonds is 15. The Bertz CT molecular complexity index is 2260. The first kappa shape index (κ1) is 36.4. The lowest BCUT2D eigenvalue weighted by atomic mass is 9.77. The number of ether oxygens (including phenoxy) is 1. The summed E-state index contributed by atoms with van der Waals surface area (Å²) in [5.74, 6) is 0.237. The van der Waals surface area contributed by atoms with Crippen molar-refractivity contribution in [3.63, 3.8) is 0 Å². The van der Waals surface area contributed by atoms with E-state index in [1.54, 1.807) is 0 Å². The summed E-state index contributed by atoms with van der Waals surface area (Å²) in [6.07, 6.45) is 3.01. The average Bonchev–Trinajstić information content (AvgIpc) is 3.68. The lowest BCUT2D eigenvalue weighted by Crippen LogP contribution is -2.45. The van der Waals surface area contributed by atoms with E-state index in [0.29, 0.717) is 18.8 Å². The van der Waals surface area contributed by atoms with Crippen molar-refractivity contribution >= 4 is 16.9 Å². The Morgan fingerprint density at radius 1 is 0.482 bits per heavy atom. The molecular formula is C51H45N3O2. The topological polar surface area (TPSA) is 66.1 Å². The maximum Gasteiger partial charge on any atom is 0.312 e. The predicted octanol–water partition coefficient (Wildman–Crippen LogP) is 10.2. The summed E-state index contributed by atoms with van der Waals surface area (Å²) in [4.78, 5) is 16.9. The molecule has 3 N–H and O–H groups in total. The maximum atomic E-state index is 13.5. The molecule has 0 unspecified atom stereocenters. The standard InChI is InChI=1S/C51H45N3O2/c55-49(34-36-54-51(43-25-13-4-14-26-43,44-27-15-5-16-28-44)45-29-17-6-18-30-45)56-46-31-32-48-47(37-46)39(38-52-48)33-35-53-50(40-19-7-1-8-20-40,41-21-9-2-10-22-41)42-23-11-3-12-24-42/h1-32,37-38,52-54H,33-36H2. The third-order valence-electron chi connectivity index (χ3n) is 10.7. The van der Waals surface area contributed by atoms with Crippen LogP contribution in [0.3, 0.4) is 0 Å². The van der Waals surface area contributed by atoms with Gasteiger partial charge in [-0.25, -0.2) is 0 Å². The van der Waals surface area contributed by atoms with Gasteiger partial charge in [0.2, 0.25) is 0 Å². The highest BCUT2D eigenvalue weighted by Gasteiger charge is 2.37. The SMILES string of the molecule is O=C(CCNC(c1ccccc1)(c1ccccc1)c1ccccc1)Oc1ccc2[nH]cc(CCNC(c3ccccc3)(c3ccccc3)c3ccccc3)c2c1. The van der Waals surface area contributed by atoms with Crippen molar-refractivity contribution in [1.82, 2.24) is 15.6 Å². The molecule has 7 aromatic carbocycles. The molecule has 0 saturated carbocycles. The minimum absolute atomic E-state index is 0.191. The van der Waals surface area contributed by atoms with Gasteiger partial charge < -0.3 is 9.72 Å². The summed E-state index contributed by atoms with van der Waals surface area (Å²) >= 11 is 0. The summed E-state index contributed by atoms with van der Waals surface area (Å²) in [7, 11) is 0. The Balaban J connectivity index is 0.997. The van der Waals surface area contributed by atoms with E-state index < -0.39 is 11.1 Å². The minimum Gasteiger partial charge on any atom is -0.426 e. The van der Waals surface area contributed by atoms with Crippen molar-refractivity contribution in [2.45, 2.75) is 23.9 Å². The number of hydrogen-bond donors (Lipinski definition) is 3. The Morgan fingerprint density at radius 3 is 1.25 bits per heavy atom. The number of H-pyrrole nitrogens is 1. The summed E-state index contributed by atoms with van der Waals surface area (Å²) < 4.78 is 6.00. The van der Waals surface area contributed by atoms with Crippen LogP contribution in [0.4, 0.5) is 0 Å². The zero-order chi connectivity index (χ0) is 38.0. The van der Waals surface area contributed by atoms with Crippen LogP contribution in [-0.2, 0) is 22.3 Å². The number of aromatic nitrogens is 1. The van der Waals surface area contributed by atoms with E-state index >= 15 is 0 Å². The number of esters is 1. The van der Waals surface area contributed by atoms with Crippen molar-refractivity contribution in [2.24, 2.45) is 0 Å². The van der Waals surface area contributed by atoms with Crippen LogP contribution in [0.1, 0.15) is 45.4 Å². The fourth-order valence-electron chi connectivity index (χ4n) is 8.09. The van der Waals surface area contributed by atoms with Gasteiger partial charge in [-0.3, -0.25) is 15.4 Å². The number of aromatic amines is 1. The van der Waals surface area contributed by atoms with E-state index in [4.69, 9.17) is 4.74 Å². The molecule has 0 spiro atoms. The molecule has 0 bridgehead atoms. The quantitative estimate of drug-likeness (QED) is 0.0558. The molecule has 5 nitrogen and oxygen atoms in total. The van der Waals surface area contributed by atoms with Crippen molar-refractivity contribution in [3.05, 3.63) is 245 Å². The summed E-state index contributed by atoms with van der Waals surface area (Å²) in [6.45, 7) is 1.11. The monoisotopic (exact) mass is 731 g/mol. The molecule has 1 aromatic heterocycles. The number of carbonyl (C=O) groups is 1. The van der Waals surface area contributed by atoms with Crippen LogP contribution in [0.5, 0.6) is 5.75 Å². The number of nitrogens with one attached hydrogen (secondary N) is 3. The fourth-order valence-corrected chi connectivity index (χ4v) is 8.09. The van der Waals surface area contributed by atoms with Crippen molar-refractivity contribution in [1.29, 1.82) is 0 Å².